The molecule has 1 aromatic carbocycles. The lowest BCUT2D eigenvalue weighted by Crippen LogP contribution is -2.32. The third-order valence-electron chi connectivity index (χ3n) is 5.15. The molecule has 0 saturated carbocycles. The van der Waals surface area contributed by atoms with E-state index in [9.17, 15) is 22.8 Å². The van der Waals surface area contributed by atoms with Crippen molar-refractivity contribution in [3.63, 3.8) is 0 Å². The fourth-order valence-corrected chi connectivity index (χ4v) is 3.26. The van der Waals surface area contributed by atoms with Crippen LogP contribution in [0.2, 0.25) is 0 Å². The largest absolute Gasteiger partial charge is 0.471 e. The molecule has 0 heterocycles. The van der Waals surface area contributed by atoms with E-state index in [0.717, 1.165) is 18.4 Å². The molecule has 1 aliphatic carbocycles. The molecular weight excluding hydrogens is 395 g/mol. The summed E-state index contributed by atoms with van der Waals surface area (Å²) in [5.74, 6) is -2.16. The minimum atomic E-state index is -4.97. The Morgan fingerprint density at radius 2 is 1.90 bits per heavy atom. The Morgan fingerprint density at radius 3 is 2.47 bits per heavy atom. The Bertz CT molecular complexity index is 814. The van der Waals surface area contributed by atoms with E-state index in [1.165, 1.54) is 6.07 Å². The topological polar surface area (TPSA) is 61.4 Å². The van der Waals surface area contributed by atoms with Crippen LogP contribution in [-0.4, -0.2) is 50.1 Å². The van der Waals surface area contributed by atoms with Gasteiger partial charge in [-0.1, -0.05) is 26.0 Å². The van der Waals surface area contributed by atoms with Gasteiger partial charge < -0.3 is 15.5 Å². The molecule has 0 spiro atoms. The average molecular weight is 425 g/mol. The molecule has 0 bridgehead atoms. The van der Waals surface area contributed by atoms with E-state index in [4.69, 9.17) is 0 Å². The smallest absolute Gasteiger partial charge is 0.355 e. The van der Waals surface area contributed by atoms with E-state index in [0.29, 0.717) is 30.6 Å². The highest BCUT2D eigenvalue weighted by Gasteiger charge is 2.39. The Labute approximate surface area is 175 Å². The Kier molecular flexibility index (Phi) is 7.69. The monoisotopic (exact) mass is 425 g/mol. The van der Waals surface area contributed by atoms with Crippen LogP contribution in [0.25, 0.3) is 5.57 Å². The molecule has 0 aromatic heterocycles. The van der Waals surface area contributed by atoms with Crippen molar-refractivity contribution < 1.29 is 22.8 Å². The number of rotatable bonds is 7. The second kappa shape index (κ2) is 9.64. The molecule has 0 fully saturated rings. The molecule has 0 saturated heterocycles. The maximum absolute atomic E-state index is 12.8. The molecule has 2 N–H and O–H groups in total. The molecular formula is C22H30F3N3O2. The lowest BCUT2D eigenvalue weighted by atomic mass is 9.76. The van der Waals surface area contributed by atoms with Crippen molar-refractivity contribution in [3.05, 3.63) is 35.4 Å². The summed E-state index contributed by atoms with van der Waals surface area (Å²) in [6, 6.07) is 4.73. The van der Waals surface area contributed by atoms with Crippen LogP contribution in [0, 0.1) is 5.41 Å². The van der Waals surface area contributed by atoms with Gasteiger partial charge in [0.25, 0.3) is 0 Å². The Balaban J connectivity index is 2.25. The molecule has 0 atom stereocenters. The zero-order chi connectivity index (χ0) is 22.5. The third kappa shape index (κ3) is 7.16. The van der Waals surface area contributed by atoms with Crippen LogP contribution in [0.15, 0.2) is 24.3 Å². The Hall–Kier alpha value is -2.35. The predicted molar refractivity (Wildman–Crippen MR) is 112 cm³/mol. The molecule has 1 aliphatic rings. The number of nitrogens with one attached hydrogen (secondary N) is 2. The summed E-state index contributed by atoms with van der Waals surface area (Å²) in [5.41, 5.74) is 2.36. The zero-order valence-electron chi connectivity index (χ0n) is 17.9. The number of alkyl halides is 3. The predicted octanol–water partition coefficient (Wildman–Crippen LogP) is 4.00. The average Bonchev–Trinajstić information content (AvgIpc) is 2.62. The van der Waals surface area contributed by atoms with Crippen molar-refractivity contribution >= 4 is 23.1 Å². The SMILES string of the molecule is CN(C)CCNC(=O)Cc1ccc(NC(=O)C(F)(F)F)c(C2=CCC(C)(C)CC2)c1. The number of benzene rings is 1. The van der Waals surface area contributed by atoms with Crippen molar-refractivity contribution in [1.82, 2.24) is 10.2 Å². The third-order valence-corrected chi connectivity index (χ3v) is 5.15. The standard InChI is InChI=1S/C22H30F3N3O2/c1-21(2)9-7-16(8-10-21)17-13-15(14-19(29)26-11-12-28(3)4)5-6-18(17)27-20(30)22(23,24)25/h5-7,13H,8-12,14H2,1-4H3,(H,26,29)(H,27,30). The van der Waals surface area contributed by atoms with Gasteiger partial charge in [-0.05, 0) is 62.0 Å². The fourth-order valence-electron chi connectivity index (χ4n) is 3.26. The minimum absolute atomic E-state index is 0.111. The van der Waals surface area contributed by atoms with Gasteiger partial charge >= 0.3 is 12.1 Å². The fraction of sp³-hybridized carbons (Fsp3) is 0.545. The van der Waals surface area contributed by atoms with Crippen LogP contribution in [0.4, 0.5) is 18.9 Å². The summed E-state index contributed by atoms with van der Waals surface area (Å²) in [7, 11) is 3.82. The number of anilines is 1. The van der Waals surface area contributed by atoms with Gasteiger partial charge in [-0.25, -0.2) is 0 Å². The second-order valence-corrected chi connectivity index (χ2v) is 8.76. The van der Waals surface area contributed by atoms with Crippen LogP contribution in [0.1, 0.15) is 44.2 Å². The van der Waals surface area contributed by atoms with Crippen molar-refractivity contribution in [2.75, 3.05) is 32.5 Å². The summed E-state index contributed by atoms with van der Waals surface area (Å²) < 4.78 is 38.3. The molecule has 1 aromatic rings. The molecule has 0 radical (unpaired) electrons. The maximum Gasteiger partial charge on any atom is 0.471 e. The summed E-state index contributed by atoms with van der Waals surface area (Å²) >= 11 is 0. The molecule has 0 unspecified atom stereocenters. The zero-order valence-corrected chi connectivity index (χ0v) is 17.9. The first-order chi connectivity index (χ1) is 13.9. The van der Waals surface area contributed by atoms with Crippen molar-refractivity contribution in [3.8, 4) is 0 Å². The number of likely N-dealkylation sites (N-methyl/N-ethyl adjacent to an activating group) is 1. The summed E-state index contributed by atoms with van der Waals surface area (Å²) in [5, 5.41) is 4.81. The number of allylic oxidation sites excluding steroid dienone is 2. The van der Waals surface area contributed by atoms with Crippen LogP contribution < -0.4 is 10.6 Å². The molecule has 8 heteroatoms. The summed E-state index contributed by atoms with van der Waals surface area (Å²) in [4.78, 5) is 25.6. The van der Waals surface area contributed by atoms with Crippen LogP contribution in [0.5, 0.6) is 0 Å². The second-order valence-electron chi connectivity index (χ2n) is 8.76. The lowest BCUT2D eigenvalue weighted by molar-refractivity contribution is -0.167. The molecule has 2 amide bonds. The van der Waals surface area contributed by atoms with Crippen molar-refractivity contribution in [1.29, 1.82) is 0 Å². The first-order valence-electron chi connectivity index (χ1n) is 9.99. The van der Waals surface area contributed by atoms with Crippen molar-refractivity contribution in [2.45, 2.75) is 45.7 Å². The number of hydrogen-bond donors (Lipinski definition) is 2. The number of nitrogens with zero attached hydrogens (tertiary/aromatic N) is 1. The van der Waals surface area contributed by atoms with E-state index >= 15 is 0 Å². The van der Waals surface area contributed by atoms with E-state index < -0.39 is 12.1 Å². The van der Waals surface area contributed by atoms with E-state index in [2.05, 4.69) is 19.2 Å². The Morgan fingerprint density at radius 1 is 1.20 bits per heavy atom. The molecule has 166 valence electrons. The first kappa shape index (κ1) is 23.9. The number of hydrogen-bond acceptors (Lipinski definition) is 3. The molecule has 5 nitrogen and oxygen atoms in total. The number of halogens is 3. The number of carbonyl (C=O) groups excluding carboxylic acids is 2. The first-order valence-corrected chi connectivity index (χ1v) is 9.99. The summed E-state index contributed by atoms with van der Waals surface area (Å²) in [6.45, 7) is 5.50. The molecule has 0 aliphatic heterocycles. The van der Waals surface area contributed by atoms with Gasteiger partial charge in [0, 0.05) is 24.3 Å². The molecule has 30 heavy (non-hydrogen) atoms. The number of carbonyl (C=O) groups is 2. The minimum Gasteiger partial charge on any atom is -0.355 e. The highest BCUT2D eigenvalue weighted by Crippen LogP contribution is 2.40. The van der Waals surface area contributed by atoms with Gasteiger partial charge in [-0.2, -0.15) is 13.2 Å². The summed E-state index contributed by atoms with van der Waals surface area (Å²) in [6.07, 6.45) is -0.452. The van der Waals surface area contributed by atoms with Gasteiger partial charge in [-0.15, -0.1) is 0 Å². The highest BCUT2D eigenvalue weighted by molar-refractivity contribution is 5.97. The van der Waals surface area contributed by atoms with E-state index in [-0.39, 0.29) is 23.4 Å². The number of amides is 2. The maximum atomic E-state index is 12.8. The van der Waals surface area contributed by atoms with E-state index in [1.807, 2.05) is 30.4 Å². The molecule has 2 rings (SSSR count). The van der Waals surface area contributed by atoms with Gasteiger partial charge in [0.05, 0.1) is 6.42 Å². The van der Waals surface area contributed by atoms with E-state index in [1.54, 1.807) is 12.1 Å². The lowest BCUT2D eigenvalue weighted by Gasteiger charge is -2.29. The van der Waals surface area contributed by atoms with Crippen LogP contribution in [0.3, 0.4) is 0 Å². The van der Waals surface area contributed by atoms with Gasteiger partial charge in [0.2, 0.25) is 5.91 Å². The normalized spacial score (nSPS) is 16.2. The van der Waals surface area contributed by atoms with Crippen LogP contribution in [-0.2, 0) is 16.0 Å². The quantitative estimate of drug-likeness (QED) is 0.694. The van der Waals surface area contributed by atoms with Crippen molar-refractivity contribution in [2.24, 2.45) is 5.41 Å². The van der Waals surface area contributed by atoms with Gasteiger partial charge in [-0.3, -0.25) is 9.59 Å². The van der Waals surface area contributed by atoms with Gasteiger partial charge in [0.1, 0.15) is 0 Å². The highest BCUT2D eigenvalue weighted by atomic mass is 19.4. The van der Waals surface area contributed by atoms with Gasteiger partial charge in [0.15, 0.2) is 0 Å². The van der Waals surface area contributed by atoms with Crippen LogP contribution >= 0.6 is 0 Å².